The van der Waals surface area contributed by atoms with Crippen molar-refractivity contribution in [3.63, 3.8) is 0 Å². The Labute approximate surface area is 158 Å². The van der Waals surface area contributed by atoms with Crippen LogP contribution in [0.1, 0.15) is 58.1 Å². The van der Waals surface area contributed by atoms with Crippen molar-refractivity contribution in [3.05, 3.63) is 80.8 Å². The fraction of sp³-hybridized carbons (Fsp3) is 0.385. The molecule has 0 saturated heterocycles. The van der Waals surface area contributed by atoms with Gasteiger partial charge >= 0.3 is 0 Å². The van der Waals surface area contributed by atoms with Crippen molar-refractivity contribution < 1.29 is 0 Å². The van der Waals surface area contributed by atoms with E-state index in [4.69, 9.17) is 0 Å². The molecule has 0 heterocycles. The number of benzene rings is 1. The summed E-state index contributed by atoms with van der Waals surface area (Å²) in [6.45, 7) is 14.0. The monoisotopic (exact) mass is 342 g/mol. The molecule has 0 heteroatoms. The summed E-state index contributed by atoms with van der Waals surface area (Å²) in [6.07, 6.45) is 15.2. The van der Waals surface area contributed by atoms with E-state index in [0.29, 0.717) is 11.8 Å². The standard InChI is InChI=1S/C26H30/c1-16(2)22-14-18(5)13-20-15-23-21(24(20)22)11-12-26(6,17(3)4)25(23)19-9-7-8-10-19/h7-9,11-17H,10H2,1-6H3. The Kier molecular flexibility index (Phi) is 3.99. The number of hydrogen-bond donors (Lipinski definition) is 0. The number of rotatable bonds is 3. The van der Waals surface area contributed by atoms with Crippen molar-refractivity contribution in [1.82, 2.24) is 0 Å². The average Bonchev–Trinajstić information content (AvgIpc) is 3.20. The van der Waals surface area contributed by atoms with Gasteiger partial charge in [-0.15, -0.1) is 0 Å². The molecular formula is C26H30. The molecule has 0 radical (unpaired) electrons. The molecule has 0 saturated carbocycles. The van der Waals surface area contributed by atoms with E-state index in [-0.39, 0.29) is 5.41 Å². The zero-order chi connectivity index (χ0) is 18.6. The highest BCUT2D eigenvalue weighted by Gasteiger charge is 2.37. The molecule has 0 amide bonds. The SMILES string of the molecule is Cc1cc(C(C)C)c2c(c1)=CC1=C(C3=CC=CC3)C(C)(C(C)C)C=CC=21. The van der Waals surface area contributed by atoms with Gasteiger partial charge in [-0.1, -0.05) is 82.7 Å². The first-order valence-electron chi connectivity index (χ1n) is 10.00. The van der Waals surface area contributed by atoms with Crippen LogP contribution in [0.25, 0.3) is 11.6 Å². The highest BCUT2D eigenvalue weighted by Crippen LogP contribution is 2.49. The van der Waals surface area contributed by atoms with E-state index in [1.807, 2.05) is 0 Å². The molecule has 134 valence electrons. The van der Waals surface area contributed by atoms with Crippen LogP contribution in [0.3, 0.4) is 0 Å². The lowest BCUT2D eigenvalue weighted by molar-refractivity contribution is 0.360. The normalized spacial score (nSPS) is 23.7. The maximum atomic E-state index is 2.47. The van der Waals surface area contributed by atoms with Gasteiger partial charge in [-0.3, -0.25) is 0 Å². The maximum Gasteiger partial charge on any atom is 0.0139 e. The van der Waals surface area contributed by atoms with Gasteiger partial charge in [0.1, 0.15) is 0 Å². The van der Waals surface area contributed by atoms with Gasteiger partial charge in [-0.2, -0.15) is 0 Å². The van der Waals surface area contributed by atoms with Crippen molar-refractivity contribution in [2.45, 2.75) is 53.9 Å². The Morgan fingerprint density at radius 3 is 2.42 bits per heavy atom. The quantitative estimate of drug-likeness (QED) is 0.682. The van der Waals surface area contributed by atoms with Gasteiger partial charge in [0.15, 0.2) is 0 Å². The summed E-state index contributed by atoms with van der Waals surface area (Å²) in [7, 11) is 0. The Balaban J connectivity index is 2.10. The smallest absolute Gasteiger partial charge is 0.0139 e. The van der Waals surface area contributed by atoms with Crippen LogP contribution in [0, 0.1) is 18.3 Å². The minimum absolute atomic E-state index is 0.0856. The van der Waals surface area contributed by atoms with Crippen LogP contribution in [-0.2, 0) is 0 Å². The van der Waals surface area contributed by atoms with E-state index < -0.39 is 0 Å². The van der Waals surface area contributed by atoms with Crippen molar-refractivity contribution in [2.75, 3.05) is 0 Å². The zero-order valence-corrected chi connectivity index (χ0v) is 17.0. The van der Waals surface area contributed by atoms with Gasteiger partial charge < -0.3 is 0 Å². The largest absolute Gasteiger partial charge is 0.0801 e. The lowest BCUT2D eigenvalue weighted by atomic mass is 9.65. The van der Waals surface area contributed by atoms with Crippen molar-refractivity contribution in [1.29, 1.82) is 0 Å². The van der Waals surface area contributed by atoms with Gasteiger partial charge in [0.2, 0.25) is 0 Å². The van der Waals surface area contributed by atoms with Crippen LogP contribution in [0.4, 0.5) is 0 Å². The number of aryl methyl sites for hydroxylation is 1. The highest BCUT2D eigenvalue weighted by molar-refractivity contribution is 5.92. The molecule has 3 aliphatic rings. The second kappa shape index (κ2) is 5.98. The minimum atomic E-state index is 0.0856. The fourth-order valence-electron chi connectivity index (χ4n) is 4.73. The van der Waals surface area contributed by atoms with E-state index in [1.54, 1.807) is 5.57 Å². The van der Waals surface area contributed by atoms with Crippen LogP contribution in [-0.4, -0.2) is 0 Å². The van der Waals surface area contributed by atoms with Crippen LogP contribution >= 0.6 is 0 Å². The van der Waals surface area contributed by atoms with E-state index in [1.165, 1.54) is 38.3 Å². The molecule has 0 spiro atoms. The lowest BCUT2D eigenvalue weighted by Gasteiger charge is -2.38. The van der Waals surface area contributed by atoms with E-state index in [2.05, 4.69) is 90.1 Å². The second-order valence-electron chi connectivity index (χ2n) is 8.91. The lowest BCUT2D eigenvalue weighted by Crippen LogP contribution is -2.30. The number of hydrogen-bond acceptors (Lipinski definition) is 0. The first kappa shape index (κ1) is 17.3. The molecule has 0 N–H and O–H groups in total. The van der Waals surface area contributed by atoms with Crippen LogP contribution < -0.4 is 10.4 Å². The molecule has 0 bridgehead atoms. The van der Waals surface area contributed by atoms with Gasteiger partial charge in [0, 0.05) is 5.41 Å². The third kappa shape index (κ3) is 2.42. The van der Waals surface area contributed by atoms with Crippen LogP contribution in [0.2, 0.25) is 0 Å². The molecule has 0 aliphatic heterocycles. The average molecular weight is 343 g/mol. The predicted octanol–water partition coefficient (Wildman–Crippen LogP) is 5.48. The molecule has 26 heavy (non-hydrogen) atoms. The van der Waals surface area contributed by atoms with E-state index in [0.717, 1.165) is 6.42 Å². The van der Waals surface area contributed by atoms with Gasteiger partial charge in [-0.05, 0) is 69.5 Å². The van der Waals surface area contributed by atoms with Crippen molar-refractivity contribution in [2.24, 2.45) is 11.3 Å². The molecule has 1 aromatic carbocycles. The van der Waals surface area contributed by atoms with Crippen molar-refractivity contribution >= 4 is 11.6 Å². The summed E-state index contributed by atoms with van der Waals surface area (Å²) in [6, 6.07) is 4.74. The Morgan fingerprint density at radius 2 is 1.81 bits per heavy atom. The topological polar surface area (TPSA) is 0 Å². The van der Waals surface area contributed by atoms with E-state index >= 15 is 0 Å². The summed E-state index contributed by atoms with van der Waals surface area (Å²) in [5.74, 6) is 1.10. The predicted molar refractivity (Wildman–Crippen MR) is 113 cm³/mol. The van der Waals surface area contributed by atoms with Crippen LogP contribution in [0.15, 0.2) is 59.2 Å². The number of fused-ring (bicyclic) bond motifs is 2. The maximum absolute atomic E-state index is 2.47. The van der Waals surface area contributed by atoms with Gasteiger partial charge in [-0.25, -0.2) is 0 Å². The Hall–Kier alpha value is -2.08. The summed E-state index contributed by atoms with van der Waals surface area (Å²) in [5, 5.41) is 2.87. The second-order valence-corrected chi connectivity index (χ2v) is 8.91. The van der Waals surface area contributed by atoms with Gasteiger partial charge in [0.25, 0.3) is 0 Å². The minimum Gasteiger partial charge on any atom is -0.0801 e. The summed E-state index contributed by atoms with van der Waals surface area (Å²) in [4.78, 5) is 0. The first-order chi connectivity index (χ1) is 12.3. The first-order valence-corrected chi connectivity index (χ1v) is 10.00. The third-order valence-electron chi connectivity index (χ3n) is 6.52. The molecular weight excluding hydrogens is 312 g/mol. The van der Waals surface area contributed by atoms with E-state index in [9.17, 15) is 0 Å². The molecule has 0 aromatic heterocycles. The summed E-state index contributed by atoms with van der Waals surface area (Å²) >= 11 is 0. The van der Waals surface area contributed by atoms with Gasteiger partial charge in [0.05, 0.1) is 0 Å². The Bertz CT molecular complexity index is 1020. The molecule has 0 nitrogen and oxygen atoms in total. The molecule has 1 unspecified atom stereocenters. The highest BCUT2D eigenvalue weighted by atomic mass is 14.4. The molecule has 1 atom stereocenters. The molecule has 1 aromatic rings. The zero-order valence-electron chi connectivity index (χ0n) is 17.0. The molecule has 4 rings (SSSR count). The Morgan fingerprint density at radius 1 is 1.04 bits per heavy atom. The van der Waals surface area contributed by atoms with Crippen molar-refractivity contribution in [3.8, 4) is 0 Å². The summed E-state index contributed by atoms with van der Waals surface area (Å²) in [5.41, 5.74) is 8.86. The molecule has 0 fully saturated rings. The molecule has 3 aliphatic carbocycles. The van der Waals surface area contributed by atoms with Crippen LogP contribution in [0.5, 0.6) is 0 Å². The fourth-order valence-corrected chi connectivity index (χ4v) is 4.73. The summed E-state index contributed by atoms with van der Waals surface area (Å²) < 4.78 is 0. The number of allylic oxidation sites excluding steroid dienone is 8. The third-order valence-corrected chi connectivity index (χ3v) is 6.52.